The molecule has 3 nitrogen and oxygen atoms in total. The van der Waals surface area contributed by atoms with E-state index in [9.17, 15) is 4.91 Å². The van der Waals surface area contributed by atoms with Gasteiger partial charge in [-0.25, -0.2) is 0 Å². The lowest BCUT2D eigenvalue weighted by Crippen LogP contribution is -2.03. The molecule has 1 rings (SSSR count). The molecule has 0 fully saturated rings. The molecule has 3 heteroatoms. The van der Waals surface area contributed by atoms with Crippen molar-refractivity contribution in [1.29, 1.82) is 0 Å². The molecule has 0 radical (unpaired) electrons. The van der Waals surface area contributed by atoms with E-state index in [1.807, 2.05) is 6.08 Å². The molecule has 0 N–H and O–H groups in total. The minimum Gasteiger partial charge on any atom is -0.505 e. The monoisotopic (exact) mass is 209 g/mol. The van der Waals surface area contributed by atoms with Gasteiger partial charge in [0.15, 0.2) is 0 Å². The Bertz CT molecular complexity index is 246. The molecule has 1 aliphatic rings. The van der Waals surface area contributed by atoms with E-state index >= 15 is 0 Å². The molecule has 1 unspecified atom stereocenters. The Hall–Kier alpha value is -1.12. The van der Waals surface area contributed by atoms with Gasteiger partial charge in [-0.2, -0.15) is 0 Å². The van der Waals surface area contributed by atoms with E-state index in [1.54, 1.807) is 13.4 Å². The number of nitroso groups, excluding NO2 is 1. The maximum Gasteiger partial charge on any atom is 0.0812 e. The lowest BCUT2D eigenvalue weighted by molar-refractivity contribution is 0.336. The summed E-state index contributed by atoms with van der Waals surface area (Å²) in [5, 5.41) is 3.03. The summed E-state index contributed by atoms with van der Waals surface area (Å²) in [5.41, 5.74) is 0.749. The van der Waals surface area contributed by atoms with Crippen molar-refractivity contribution >= 4 is 0 Å². The van der Waals surface area contributed by atoms with E-state index in [4.69, 9.17) is 4.74 Å². The van der Waals surface area contributed by atoms with Crippen LogP contribution in [-0.4, -0.2) is 7.11 Å². The summed E-state index contributed by atoms with van der Waals surface area (Å²) in [7, 11) is 1.66. The van der Waals surface area contributed by atoms with Gasteiger partial charge in [0, 0.05) is 0 Å². The van der Waals surface area contributed by atoms with Crippen molar-refractivity contribution in [3.63, 3.8) is 0 Å². The Morgan fingerprint density at radius 3 is 3.27 bits per heavy atom. The van der Waals surface area contributed by atoms with Crippen LogP contribution in [0.3, 0.4) is 0 Å². The minimum absolute atomic E-state index is 0.558. The Balaban J connectivity index is 2.21. The number of hydrogen-bond acceptors (Lipinski definition) is 3. The molecule has 0 aromatic rings. The number of methoxy groups -OCH3 is 1. The van der Waals surface area contributed by atoms with Gasteiger partial charge in [-0.1, -0.05) is 6.08 Å². The van der Waals surface area contributed by atoms with Gasteiger partial charge < -0.3 is 4.74 Å². The zero-order chi connectivity index (χ0) is 10.9. The molecule has 0 bridgehead atoms. The molecule has 1 aliphatic carbocycles. The molecule has 15 heavy (non-hydrogen) atoms. The Kier molecular flexibility index (Phi) is 5.74. The first kappa shape index (κ1) is 12.0. The minimum atomic E-state index is 0.558. The fraction of sp³-hybridized carbons (Fsp3) is 0.667. The molecule has 1 atom stereocenters. The van der Waals surface area contributed by atoms with Crippen molar-refractivity contribution in [3.05, 3.63) is 29.0 Å². The summed E-state index contributed by atoms with van der Waals surface area (Å²) in [5.74, 6) is 0.558. The van der Waals surface area contributed by atoms with Gasteiger partial charge in [-0.15, -0.1) is 4.91 Å². The number of unbranched alkanes of at least 4 members (excludes halogenated alkanes) is 1. The highest BCUT2D eigenvalue weighted by Crippen LogP contribution is 2.27. The van der Waals surface area contributed by atoms with E-state index < -0.39 is 0 Å². The summed E-state index contributed by atoms with van der Waals surface area (Å²) in [4.78, 5) is 10.4. The fourth-order valence-electron chi connectivity index (χ4n) is 1.95. The highest BCUT2D eigenvalue weighted by Gasteiger charge is 2.13. The van der Waals surface area contributed by atoms with Crippen molar-refractivity contribution in [3.8, 4) is 0 Å². The lowest BCUT2D eigenvalue weighted by Gasteiger charge is -2.17. The van der Waals surface area contributed by atoms with Gasteiger partial charge in [0.25, 0.3) is 0 Å². The van der Waals surface area contributed by atoms with Crippen LogP contribution in [0.5, 0.6) is 0 Å². The van der Waals surface area contributed by atoms with Gasteiger partial charge in [0.05, 0.1) is 19.1 Å². The van der Waals surface area contributed by atoms with Crippen molar-refractivity contribution in [2.75, 3.05) is 7.11 Å². The largest absolute Gasteiger partial charge is 0.505 e. The summed E-state index contributed by atoms with van der Waals surface area (Å²) in [6.07, 6.45) is 12.3. The zero-order valence-corrected chi connectivity index (χ0v) is 9.32. The highest BCUT2D eigenvalue weighted by atomic mass is 16.5. The van der Waals surface area contributed by atoms with Gasteiger partial charge in [-0.05, 0) is 55.7 Å². The lowest BCUT2D eigenvalue weighted by atomic mass is 9.90. The zero-order valence-electron chi connectivity index (χ0n) is 9.32. The molecular formula is C12H19NO2. The van der Waals surface area contributed by atoms with Gasteiger partial charge in [-0.3, -0.25) is 0 Å². The van der Waals surface area contributed by atoms with Crippen LogP contribution in [-0.2, 0) is 4.74 Å². The van der Waals surface area contributed by atoms with E-state index in [2.05, 4.69) is 11.3 Å². The summed E-state index contributed by atoms with van der Waals surface area (Å²) < 4.78 is 4.82. The van der Waals surface area contributed by atoms with E-state index in [-0.39, 0.29) is 0 Å². The number of ether oxygens (including phenoxy) is 1. The quantitative estimate of drug-likeness (QED) is 0.379. The number of nitrogens with zero attached hydrogens (tertiary/aromatic N) is 1. The average molecular weight is 209 g/mol. The van der Waals surface area contributed by atoms with Crippen LogP contribution in [0.4, 0.5) is 0 Å². The summed E-state index contributed by atoms with van der Waals surface area (Å²) >= 11 is 0. The van der Waals surface area contributed by atoms with Crippen molar-refractivity contribution in [1.82, 2.24) is 0 Å². The molecule has 0 aliphatic heterocycles. The predicted molar refractivity (Wildman–Crippen MR) is 61.2 cm³/mol. The topological polar surface area (TPSA) is 38.7 Å². The molecule has 84 valence electrons. The SMILES string of the molecule is CO/C=C/CCCC1C=C(N=O)CCC1. The Labute approximate surface area is 91.2 Å². The van der Waals surface area contributed by atoms with Crippen molar-refractivity contribution in [2.45, 2.75) is 38.5 Å². The third-order valence-corrected chi connectivity index (χ3v) is 2.73. The first-order chi connectivity index (χ1) is 7.36. The second kappa shape index (κ2) is 7.21. The van der Waals surface area contributed by atoms with E-state index in [0.29, 0.717) is 5.92 Å². The van der Waals surface area contributed by atoms with Crippen LogP contribution >= 0.6 is 0 Å². The number of hydrogen-bond donors (Lipinski definition) is 0. The molecule has 0 amide bonds. The maximum atomic E-state index is 10.4. The molecule has 0 saturated heterocycles. The second-order valence-electron chi connectivity index (χ2n) is 3.94. The normalized spacial score (nSPS) is 21.4. The van der Waals surface area contributed by atoms with Gasteiger partial charge in [0.1, 0.15) is 0 Å². The molecule has 0 heterocycles. The Morgan fingerprint density at radius 2 is 2.53 bits per heavy atom. The van der Waals surface area contributed by atoms with Gasteiger partial charge in [0.2, 0.25) is 0 Å². The van der Waals surface area contributed by atoms with Crippen LogP contribution in [0.15, 0.2) is 29.3 Å². The second-order valence-corrected chi connectivity index (χ2v) is 3.94. The van der Waals surface area contributed by atoms with Crippen LogP contribution in [0.25, 0.3) is 0 Å². The standard InChI is InChI=1S/C12H19NO2/c1-15-9-4-2-3-6-11-7-5-8-12(10-11)13-14/h4,9-11H,2-3,5-8H2,1H3/b9-4+. The third kappa shape index (κ3) is 4.77. The van der Waals surface area contributed by atoms with Crippen molar-refractivity contribution in [2.24, 2.45) is 11.1 Å². The Morgan fingerprint density at radius 1 is 1.67 bits per heavy atom. The highest BCUT2D eigenvalue weighted by molar-refractivity contribution is 5.06. The number of rotatable bonds is 6. The predicted octanol–water partition coefficient (Wildman–Crippen LogP) is 3.77. The first-order valence-corrected chi connectivity index (χ1v) is 5.58. The number of allylic oxidation sites excluding steroid dienone is 3. The van der Waals surface area contributed by atoms with Crippen LogP contribution < -0.4 is 0 Å². The van der Waals surface area contributed by atoms with Gasteiger partial charge >= 0.3 is 0 Å². The molecular weight excluding hydrogens is 190 g/mol. The fourth-order valence-corrected chi connectivity index (χ4v) is 1.95. The van der Waals surface area contributed by atoms with Crippen LogP contribution in [0.1, 0.15) is 38.5 Å². The van der Waals surface area contributed by atoms with Crippen LogP contribution in [0, 0.1) is 10.8 Å². The maximum absolute atomic E-state index is 10.4. The summed E-state index contributed by atoms with van der Waals surface area (Å²) in [6.45, 7) is 0. The summed E-state index contributed by atoms with van der Waals surface area (Å²) in [6, 6.07) is 0. The van der Waals surface area contributed by atoms with E-state index in [0.717, 1.165) is 37.8 Å². The molecule has 0 saturated carbocycles. The molecule has 0 aromatic heterocycles. The average Bonchev–Trinajstić information content (AvgIpc) is 2.29. The molecule has 0 spiro atoms. The van der Waals surface area contributed by atoms with E-state index in [1.165, 1.54) is 6.42 Å². The van der Waals surface area contributed by atoms with Crippen molar-refractivity contribution < 1.29 is 4.74 Å². The van der Waals surface area contributed by atoms with Crippen LogP contribution in [0.2, 0.25) is 0 Å². The smallest absolute Gasteiger partial charge is 0.0812 e. The molecule has 0 aromatic carbocycles. The first-order valence-electron chi connectivity index (χ1n) is 5.58. The third-order valence-electron chi connectivity index (χ3n) is 2.73.